The predicted octanol–water partition coefficient (Wildman–Crippen LogP) is 4.76. The number of benzene rings is 2. The third kappa shape index (κ3) is 2.74. The lowest BCUT2D eigenvalue weighted by atomic mass is 9.84. The molecule has 3 aliphatic heterocycles. The fourth-order valence-corrected chi connectivity index (χ4v) is 6.50. The van der Waals surface area contributed by atoms with E-state index in [1.54, 1.807) is 6.07 Å². The first-order valence-corrected chi connectivity index (χ1v) is 11.9. The van der Waals surface area contributed by atoms with E-state index >= 15 is 0 Å². The van der Waals surface area contributed by atoms with Gasteiger partial charge < -0.3 is 4.90 Å². The van der Waals surface area contributed by atoms with E-state index in [0.717, 1.165) is 22.3 Å². The second-order valence-electron chi connectivity index (χ2n) is 8.93. The summed E-state index contributed by atoms with van der Waals surface area (Å²) in [7, 11) is 0. The normalized spacial score (nSPS) is 25.3. The fraction of sp³-hybridized carbons (Fsp3) is 0.222. The van der Waals surface area contributed by atoms with E-state index in [1.807, 2.05) is 84.9 Å². The molecule has 2 aromatic carbocycles. The van der Waals surface area contributed by atoms with Gasteiger partial charge in [0.2, 0.25) is 11.8 Å². The van der Waals surface area contributed by atoms with Crippen molar-refractivity contribution in [3.63, 3.8) is 0 Å². The van der Waals surface area contributed by atoms with Gasteiger partial charge >= 0.3 is 0 Å². The second-order valence-corrected chi connectivity index (χ2v) is 9.87. The van der Waals surface area contributed by atoms with Crippen LogP contribution in [0.15, 0.2) is 66.2 Å². The molecular formula is C27H22N2O3S. The van der Waals surface area contributed by atoms with Gasteiger partial charge in [-0.3, -0.25) is 14.4 Å². The SMILES string of the molecule is Cc1cccc(C)c1N1C(=O)[C@@H]2[C@H](C1=O)C1c3ccccc3C=CN1[C@@H]2C(=O)c1cccs1. The first kappa shape index (κ1) is 20.1. The Morgan fingerprint density at radius 2 is 1.61 bits per heavy atom. The highest BCUT2D eigenvalue weighted by Crippen LogP contribution is 2.54. The van der Waals surface area contributed by atoms with Crippen LogP contribution in [0.25, 0.3) is 6.08 Å². The van der Waals surface area contributed by atoms with Gasteiger partial charge in [0.15, 0.2) is 5.78 Å². The molecule has 0 spiro atoms. The Bertz CT molecular complexity index is 1320. The number of para-hydroxylation sites is 1. The lowest BCUT2D eigenvalue weighted by molar-refractivity contribution is -0.123. The number of aryl methyl sites for hydroxylation is 2. The standard InChI is InChI=1S/C27H22N2O3S/c1-15-7-5-8-16(2)22(15)29-26(31)20-21(27(29)32)24(25(30)19-11-6-14-33-19)28-13-12-17-9-3-4-10-18(17)23(20)28/h3-14,20-21,23-24H,1-2H3/t20-,21+,23?,24-/m0/s1. The van der Waals surface area contributed by atoms with Crippen molar-refractivity contribution < 1.29 is 14.4 Å². The van der Waals surface area contributed by atoms with E-state index < -0.39 is 17.9 Å². The van der Waals surface area contributed by atoms with Gasteiger partial charge in [-0.15, -0.1) is 11.3 Å². The van der Waals surface area contributed by atoms with Gasteiger partial charge in [0.25, 0.3) is 0 Å². The van der Waals surface area contributed by atoms with Crippen LogP contribution in [0.1, 0.15) is 38.0 Å². The molecular weight excluding hydrogens is 432 g/mol. The third-order valence-electron chi connectivity index (χ3n) is 7.16. The smallest absolute Gasteiger partial charge is 0.240 e. The number of rotatable bonds is 3. The molecule has 0 N–H and O–H groups in total. The Balaban J connectivity index is 1.53. The number of thiophene rings is 1. The van der Waals surface area contributed by atoms with Crippen LogP contribution in [0, 0.1) is 25.7 Å². The van der Waals surface area contributed by atoms with Crippen LogP contribution in [0.5, 0.6) is 0 Å². The van der Waals surface area contributed by atoms with Crippen LogP contribution in [0.3, 0.4) is 0 Å². The molecule has 4 atom stereocenters. The van der Waals surface area contributed by atoms with Crippen LogP contribution in [0.2, 0.25) is 0 Å². The number of anilines is 1. The van der Waals surface area contributed by atoms with Gasteiger partial charge in [0.05, 0.1) is 28.4 Å². The largest absolute Gasteiger partial charge is 0.358 e. The van der Waals surface area contributed by atoms with Gasteiger partial charge in [0, 0.05) is 6.20 Å². The number of carbonyl (C=O) groups excluding carboxylic acids is 3. The highest BCUT2D eigenvalue weighted by molar-refractivity contribution is 7.12. The summed E-state index contributed by atoms with van der Waals surface area (Å²) >= 11 is 1.37. The Labute approximate surface area is 195 Å². The number of fused-ring (bicyclic) bond motifs is 5. The molecule has 0 bridgehead atoms. The number of ketones is 1. The topological polar surface area (TPSA) is 57.7 Å². The summed E-state index contributed by atoms with van der Waals surface area (Å²) in [4.78, 5) is 45.5. The van der Waals surface area contributed by atoms with Crippen molar-refractivity contribution in [2.24, 2.45) is 11.8 Å². The van der Waals surface area contributed by atoms with Crippen LogP contribution in [-0.2, 0) is 9.59 Å². The van der Waals surface area contributed by atoms with Crippen molar-refractivity contribution in [1.82, 2.24) is 4.90 Å². The highest BCUT2D eigenvalue weighted by atomic mass is 32.1. The molecule has 33 heavy (non-hydrogen) atoms. The predicted molar refractivity (Wildman–Crippen MR) is 128 cm³/mol. The molecule has 0 radical (unpaired) electrons. The Hall–Kier alpha value is -3.51. The zero-order valence-electron chi connectivity index (χ0n) is 18.3. The number of amides is 2. The summed E-state index contributed by atoms with van der Waals surface area (Å²) in [5, 5.41) is 1.86. The van der Waals surface area contributed by atoms with Gasteiger partial charge in [-0.05, 0) is 53.6 Å². The zero-order chi connectivity index (χ0) is 22.9. The van der Waals surface area contributed by atoms with Crippen molar-refractivity contribution in [1.29, 1.82) is 0 Å². The summed E-state index contributed by atoms with van der Waals surface area (Å²) in [6.45, 7) is 3.83. The molecule has 1 aromatic heterocycles. The molecule has 5 nitrogen and oxygen atoms in total. The maximum Gasteiger partial charge on any atom is 0.240 e. The average Bonchev–Trinajstić information content (AvgIpc) is 3.51. The molecule has 3 aliphatic rings. The van der Waals surface area contributed by atoms with Crippen molar-refractivity contribution in [3.05, 3.63) is 93.3 Å². The van der Waals surface area contributed by atoms with Crippen molar-refractivity contribution in [2.75, 3.05) is 4.90 Å². The van der Waals surface area contributed by atoms with E-state index in [4.69, 9.17) is 0 Å². The van der Waals surface area contributed by atoms with E-state index in [1.165, 1.54) is 16.2 Å². The minimum atomic E-state index is -0.730. The minimum Gasteiger partial charge on any atom is -0.358 e. The molecule has 2 fully saturated rings. The molecule has 3 aromatic rings. The van der Waals surface area contributed by atoms with Crippen LogP contribution >= 0.6 is 11.3 Å². The lowest BCUT2D eigenvalue weighted by Crippen LogP contribution is -2.44. The van der Waals surface area contributed by atoms with Crippen LogP contribution in [0.4, 0.5) is 5.69 Å². The van der Waals surface area contributed by atoms with Crippen LogP contribution in [-0.4, -0.2) is 28.5 Å². The molecule has 164 valence electrons. The van der Waals surface area contributed by atoms with Crippen molar-refractivity contribution >= 4 is 40.7 Å². The van der Waals surface area contributed by atoms with Crippen molar-refractivity contribution in [2.45, 2.75) is 25.9 Å². The van der Waals surface area contributed by atoms with E-state index in [-0.39, 0.29) is 23.6 Å². The van der Waals surface area contributed by atoms with Crippen molar-refractivity contribution in [3.8, 4) is 0 Å². The Morgan fingerprint density at radius 1 is 0.879 bits per heavy atom. The number of hydrogen-bond acceptors (Lipinski definition) is 5. The number of carbonyl (C=O) groups is 3. The maximum absolute atomic E-state index is 14.0. The fourth-order valence-electron chi connectivity index (χ4n) is 5.80. The second kappa shape index (κ2) is 7.25. The van der Waals surface area contributed by atoms with Gasteiger partial charge in [-0.25, -0.2) is 4.90 Å². The van der Waals surface area contributed by atoms with Gasteiger partial charge in [0.1, 0.15) is 6.04 Å². The number of Topliss-reactive ketones (excluding diaryl/α,β-unsaturated/α-hetero) is 1. The Morgan fingerprint density at radius 3 is 2.33 bits per heavy atom. The molecule has 4 heterocycles. The molecule has 6 heteroatoms. The summed E-state index contributed by atoms with van der Waals surface area (Å²) in [5.74, 6) is -1.94. The first-order valence-electron chi connectivity index (χ1n) is 11.1. The lowest BCUT2D eigenvalue weighted by Gasteiger charge is -2.35. The number of hydrogen-bond donors (Lipinski definition) is 0. The first-order chi connectivity index (χ1) is 16.0. The Kier molecular flexibility index (Phi) is 4.42. The zero-order valence-corrected chi connectivity index (χ0v) is 19.1. The summed E-state index contributed by atoms with van der Waals surface area (Å²) in [6.07, 6.45) is 3.87. The molecule has 0 saturated carbocycles. The van der Waals surface area contributed by atoms with E-state index in [0.29, 0.717) is 10.6 Å². The summed E-state index contributed by atoms with van der Waals surface area (Å²) in [6, 6.07) is 16.2. The summed E-state index contributed by atoms with van der Waals surface area (Å²) in [5.41, 5.74) is 4.40. The highest BCUT2D eigenvalue weighted by Gasteiger charge is 2.64. The number of nitrogens with zero attached hydrogens (tertiary/aromatic N) is 2. The van der Waals surface area contributed by atoms with E-state index in [9.17, 15) is 14.4 Å². The minimum absolute atomic E-state index is 0.101. The van der Waals surface area contributed by atoms with Gasteiger partial charge in [-0.1, -0.05) is 48.5 Å². The monoisotopic (exact) mass is 454 g/mol. The third-order valence-corrected chi connectivity index (χ3v) is 8.04. The summed E-state index contributed by atoms with van der Waals surface area (Å²) < 4.78 is 0. The number of imide groups is 1. The molecule has 0 aliphatic carbocycles. The van der Waals surface area contributed by atoms with E-state index in [2.05, 4.69) is 0 Å². The molecule has 2 amide bonds. The quantitative estimate of drug-likeness (QED) is 0.423. The van der Waals surface area contributed by atoms with Crippen LogP contribution < -0.4 is 4.90 Å². The molecule has 6 rings (SSSR count). The molecule has 2 saturated heterocycles. The van der Waals surface area contributed by atoms with Gasteiger partial charge in [-0.2, -0.15) is 0 Å². The molecule has 1 unspecified atom stereocenters. The maximum atomic E-state index is 14.0. The average molecular weight is 455 g/mol.